The van der Waals surface area contributed by atoms with Crippen LogP contribution in [0.25, 0.3) is 0 Å². The van der Waals surface area contributed by atoms with Crippen molar-refractivity contribution in [2.45, 2.75) is 24.8 Å². The molecule has 0 aliphatic heterocycles. The van der Waals surface area contributed by atoms with Crippen molar-refractivity contribution in [2.75, 3.05) is 6.61 Å². The molecule has 4 nitrogen and oxygen atoms in total. The SMILES string of the molecule is CCOc1cc(Cl)ccc1S(=O)(=O)N[C@H](C)c1ccccc1. The first-order valence-electron chi connectivity index (χ1n) is 6.93. The summed E-state index contributed by atoms with van der Waals surface area (Å²) in [6.07, 6.45) is 0. The first-order chi connectivity index (χ1) is 10.4. The van der Waals surface area contributed by atoms with Gasteiger partial charge >= 0.3 is 0 Å². The lowest BCUT2D eigenvalue weighted by atomic mass is 10.1. The van der Waals surface area contributed by atoms with Gasteiger partial charge in [0.05, 0.1) is 6.61 Å². The highest BCUT2D eigenvalue weighted by molar-refractivity contribution is 7.89. The summed E-state index contributed by atoms with van der Waals surface area (Å²) in [7, 11) is -3.71. The fourth-order valence-corrected chi connectivity index (χ4v) is 3.60. The highest BCUT2D eigenvalue weighted by atomic mass is 35.5. The van der Waals surface area contributed by atoms with Crippen molar-refractivity contribution in [3.63, 3.8) is 0 Å². The molecule has 2 aromatic carbocycles. The van der Waals surface area contributed by atoms with Gasteiger partial charge in [0.15, 0.2) is 0 Å². The van der Waals surface area contributed by atoms with E-state index in [0.717, 1.165) is 5.56 Å². The van der Waals surface area contributed by atoms with Crippen LogP contribution in [0.3, 0.4) is 0 Å². The van der Waals surface area contributed by atoms with Crippen LogP contribution in [-0.4, -0.2) is 15.0 Å². The van der Waals surface area contributed by atoms with Gasteiger partial charge in [0.25, 0.3) is 0 Å². The number of hydrogen-bond donors (Lipinski definition) is 1. The number of halogens is 1. The molecule has 0 bridgehead atoms. The molecule has 0 saturated heterocycles. The minimum atomic E-state index is -3.71. The predicted molar refractivity (Wildman–Crippen MR) is 87.8 cm³/mol. The molecular formula is C16H18ClNO3S. The van der Waals surface area contributed by atoms with Gasteiger partial charge in [-0.1, -0.05) is 41.9 Å². The smallest absolute Gasteiger partial charge is 0.244 e. The summed E-state index contributed by atoms with van der Waals surface area (Å²) in [5, 5.41) is 0.429. The zero-order chi connectivity index (χ0) is 16.2. The number of benzene rings is 2. The predicted octanol–water partition coefficient (Wildman–Crippen LogP) is 3.78. The van der Waals surface area contributed by atoms with Gasteiger partial charge in [-0.05, 0) is 31.5 Å². The van der Waals surface area contributed by atoms with Gasteiger partial charge in [0.1, 0.15) is 10.6 Å². The number of nitrogens with one attached hydrogen (secondary N) is 1. The molecule has 6 heteroatoms. The van der Waals surface area contributed by atoms with Crippen LogP contribution in [0.2, 0.25) is 5.02 Å². The first kappa shape index (κ1) is 16.8. The largest absolute Gasteiger partial charge is 0.492 e. The van der Waals surface area contributed by atoms with E-state index in [0.29, 0.717) is 11.6 Å². The normalized spacial score (nSPS) is 12.9. The number of ether oxygens (including phenoxy) is 1. The molecule has 0 aliphatic carbocycles. The molecule has 1 atom stereocenters. The molecule has 2 rings (SSSR count). The van der Waals surface area contributed by atoms with Crippen molar-refractivity contribution >= 4 is 21.6 Å². The number of sulfonamides is 1. The molecule has 0 heterocycles. The van der Waals surface area contributed by atoms with Crippen molar-refractivity contribution < 1.29 is 13.2 Å². The van der Waals surface area contributed by atoms with Crippen LogP contribution in [0, 0.1) is 0 Å². The Bertz CT molecular complexity index is 732. The van der Waals surface area contributed by atoms with Gasteiger partial charge < -0.3 is 4.74 Å². The summed E-state index contributed by atoms with van der Waals surface area (Å²) in [6.45, 7) is 3.94. The second kappa shape index (κ2) is 7.13. The van der Waals surface area contributed by atoms with Gasteiger partial charge in [0.2, 0.25) is 10.0 Å². The maximum absolute atomic E-state index is 12.6. The van der Waals surface area contributed by atoms with E-state index in [1.807, 2.05) is 30.3 Å². The molecule has 0 aliphatic rings. The third-order valence-corrected chi connectivity index (χ3v) is 4.94. The maximum atomic E-state index is 12.6. The molecule has 0 amide bonds. The molecule has 0 radical (unpaired) electrons. The van der Waals surface area contributed by atoms with Crippen molar-refractivity contribution in [3.8, 4) is 5.75 Å². The van der Waals surface area contributed by atoms with E-state index >= 15 is 0 Å². The van der Waals surface area contributed by atoms with E-state index in [2.05, 4.69) is 4.72 Å². The second-order valence-corrected chi connectivity index (χ2v) is 6.90. The first-order valence-corrected chi connectivity index (χ1v) is 8.80. The zero-order valence-electron chi connectivity index (χ0n) is 12.4. The average Bonchev–Trinajstić information content (AvgIpc) is 2.48. The standard InChI is InChI=1S/C16H18ClNO3S/c1-3-21-15-11-14(17)9-10-16(15)22(19,20)18-12(2)13-7-5-4-6-8-13/h4-12,18H,3H2,1-2H3/t12-/m1/s1. The Morgan fingerprint density at radius 2 is 1.86 bits per heavy atom. The molecule has 0 saturated carbocycles. The Morgan fingerprint density at radius 1 is 1.18 bits per heavy atom. The summed E-state index contributed by atoms with van der Waals surface area (Å²) in [5.41, 5.74) is 0.887. The summed E-state index contributed by atoms with van der Waals surface area (Å²) in [4.78, 5) is 0.0848. The summed E-state index contributed by atoms with van der Waals surface area (Å²) >= 11 is 5.91. The van der Waals surface area contributed by atoms with Gasteiger partial charge in [-0.15, -0.1) is 0 Å². The number of rotatable bonds is 6. The summed E-state index contributed by atoms with van der Waals surface area (Å²) < 4.78 is 33.2. The van der Waals surface area contributed by atoms with Crippen LogP contribution in [0.1, 0.15) is 25.5 Å². The van der Waals surface area contributed by atoms with E-state index < -0.39 is 10.0 Å². The molecule has 0 aromatic heterocycles. The van der Waals surface area contributed by atoms with Crippen molar-refractivity contribution in [3.05, 3.63) is 59.1 Å². The maximum Gasteiger partial charge on any atom is 0.244 e. The molecule has 0 spiro atoms. The van der Waals surface area contributed by atoms with Crippen LogP contribution in [0.15, 0.2) is 53.4 Å². The van der Waals surface area contributed by atoms with Gasteiger partial charge in [-0.3, -0.25) is 0 Å². The molecular weight excluding hydrogens is 322 g/mol. The minimum Gasteiger partial charge on any atom is -0.492 e. The Hall–Kier alpha value is -1.56. The van der Waals surface area contributed by atoms with E-state index in [9.17, 15) is 8.42 Å². The monoisotopic (exact) mass is 339 g/mol. The number of hydrogen-bond acceptors (Lipinski definition) is 3. The van der Waals surface area contributed by atoms with Crippen molar-refractivity contribution in [2.24, 2.45) is 0 Å². The average molecular weight is 340 g/mol. The van der Waals surface area contributed by atoms with Crippen LogP contribution in [0.5, 0.6) is 5.75 Å². The zero-order valence-corrected chi connectivity index (χ0v) is 14.0. The van der Waals surface area contributed by atoms with E-state index in [4.69, 9.17) is 16.3 Å². The summed E-state index contributed by atoms with van der Waals surface area (Å²) in [6, 6.07) is 13.5. The quantitative estimate of drug-likeness (QED) is 0.871. The van der Waals surface area contributed by atoms with Crippen molar-refractivity contribution in [1.82, 2.24) is 4.72 Å². The fraction of sp³-hybridized carbons (Fsp3) is 0.250. The van der Waals surface area contributed by atoms with Crippen LogP contribution >= 0.6 is 11.6 Å². The highest BCUT2D eigenvalue weighted by Gasteiger charge is 2.22. The van der Waals surface area contributed by atoms with Gasteiger partial charge in [0, 0.05) is 17.1 Å². The lowest BCUT2D eigenvalue weighted by molar-refractivity contribution is 0.331. The van der Waals surface area contributed by atoms with Gasteiger partial charge in [-0.2, -0.15) is 0 Å². The molecule has 0 fully saturated rings. The van der Waals surface area contributed by atoms with Gasteiger partial charge in [-0.25, -0.2) is 13.1 Å². The lowest BCUT2D eigenvalue weighted by Gasteiger charge is -2.17. The Balaban J connectivity index is 2.31. The lowest BCUT2D eigenvalue weighted by Crippen LogP contribution is -2.27. The fourth-order valence-electron chi connectivity index (χ4n) is 2.08. The Labute approximate surface area is 136 Å². The van der Waals surface area contributed by atoms with Crippen molar-refractivity contribution in [1.29, 1.82) is 0 Å². The molecule has 22 heavy (non-hydrogen) atoms. The second-order valence-electron chi connectivity index (χ2n) is 4.78. The van der Waals surface area contributed by atoms with Crippen LogP contribution in [0.4, 0.5) is 0 Å². The van der Waals surface area contributed by atoms with E-state index in [-0.39, 0.29) is 16.7 Å². The molecule has 1 N–H and O–H groups in total. The van der Waals surface area contributed by atoms with Crippen LogP contribution < -0.4 is 9.46 Å². The third kappa shape index (κ3) is 4.00. The van der Waals surface area contributed by atoms with E-state index in [1.54, 1.807) is 13.8 Å². The molecule has 2 aromatic rings. The minimum absolute atomic E-state index is 0.0848. The van der Waals surface area contributed by atoms with Crippen LogP contribution in [-0.2, 0) is 10.0 Å². The Morgan fingerprint density at radius 3 is 2.50 bits per heavy atom. The highest BCUT2D eigenvalue weighted by Crippen LogP contribution is 2.28. The van der Waals surface area contributed by atoms with E-state index in [1.165, 1.54) is 18.2 Å². The molecule has 0 unspecified atom stereocenters. The third-order valence-electron chi connectivity index (χ3n) is 3.13. The Kier molecular flexibility index (Phi) is 5.45. The summed E-state index contributed by atoms with van der Waals surface area (Å²) in [5.74, 6) is 0.253. The molecule has 118 valence electrons. The topological polar surface area (TPSA) is 55.4 Å².